The van der Waals surface area contributed by atoms with E-state index in [-0.39, 0.29) is 22.3 Å². The fourth-order valence-corrected chi connectivity index (χ4v) is 2.67. The Morgan fingerprint density at radius 3 is 2.24 bits per heavy atom. The van der Waals surface area contributed by atoms with Gasteiger partial charge in [0.15, 0.2) is 0 Å². The summed E-state index contributed by atoms with van der Waals surface area (Å²) >= 11 is 5.96. The highest BCUT2D eigenvalue weighted by Gasteiger charge is 2.31. The Labute approximate surface area is 167 Å². The van der Waals surface area contributed by atoms with Crippen LogP contribution in [-0.4, -0.2) is 14.9 Å². The molecule has 3 aromatic rings. The third-order valence-corrected chi connectivity index (χ3v) is 4.28. The Morgan fingerprint density at radius 1 is 1.03 bits per heavy atom. The fraction of sp³-hybridized carbons (Fsp3) is 0.111. The number of alkyl halides is 3. The van der Waals surface area contributed by atoms with Crippen LogP contribution in [0, 0.1) is 17.0 Å². The third kappa shape index (κ3) is 4.54. The van der Waals surface area contributed by atoms with Crippen LogP contribution in [0.2, 0.25) is 5.02 Å². The summed E-state index contributed by atoms with van der Waals surface area (Å²) in [6, 6.07) is 9.66. The summed E-state index contributed by atoms with van der Waals surface area (Å²) in [5.74, 6) is -0.424. The lowest BCUT2D eigenvalue weighted by Gasteiger charge is -2.13. The second-order valence-corrected chi connectivity index (χ2v) is 6.34. The number of halogens is 4. The highest BCUT2D eigenvalue weighted by molar-refractivity contribution is 6.33. The lowest BCUT2D eigenvalue weighted by atomic mass is 10.2. The molecule has 3 rings (SSSR count). The van der Waals surface area contributed by atoms with Crippen molar-refractivity contribution in [3.8, 4) is 0 Å². The number of aryl methyl sites for hydroxylation is 1. The van der Waals surface area contributed by atoms with Gasteiger partial charge in [0.05, 0.1) is 21.2 Å². The molecule has 0 bridgehead atoms. The first-order valence-corrected chi connectivity index (χ1v) is 8.50. The Balaban J connectivity index is 2.03. The first-order chi connectivity index (χ1) is 13.7. The van der Waals surface area contributed by atoms with Crippen LogP contribution in [0.15, 0.2) is 48.8 Å². The van der Waals surface area contributed by atoms with Crippen molar-refractivity contribution in [2.24, 2.45) is 0 Å². The van der Waals surface area contributed by atoms with Gasteiger partial charge in [-0.25, -0.2) is 9.97 Å². The number of aromatic nitrogens is 2. The van der Waals surface area contributed by atoms with Crippen LogP contribution in [-0.2, 0) is 6.18 Å². The Morgan fingerprint density at radius 2 is 1.66 bits per heavy atom. The smallest absolute Gasteiger partial charge is 0.334 e. The minimum atomic E-state index is -4.60. The van der Waals surface area contributed by atoms with Gasteiger partial charge in [0.2, 0.25) is 11.6 Å². The summed E-state index contributed by atoms with van der Waals surface area (Å²) in [7, 11) is 0. The van der Waals surface area contributed by atoms with E-state index in [1.807, 2.05) is 0 Å². The molecule has 0 aliphatic carbocycles. The number of hydrogen-bond donors (Lipinski definition) is 2. The summed E-state index contributed by atoms with van der Waals surface area (Å²) in [4.78, 5) is 18.6. The highest BCUT2D eigenvalue weighted by Crippen LogP contribution is 2.38. The zero-order chi connectivity index (χ0) is 21.2. The Hall–Kier alpha value is -3.40. The first kappa shape index (κ1) is 20.3. The van der Waals surface area contributed by atoms with Crippen molar-refractivity contribution in [3.63, 3.8) is 0 Å². The van der Waals surface area contributed by atoms with Gasteiger partial charge in [0, 0.05) is 5.69 Å². The summed E-state index contributed by atoms with van der Waals surface area (Å²) in [6.07, 6.45) is -3.55. The zero-order valence-electron chi connectivity index (χ0n) is 14.8. The van der Waals surface area contributed by atoms with E-state index in [0.717, 1.165) is 30.1 Å². The van der Waals surface area contributed by atoms with Gasteiger partial charge in [-0.15, -0.1) is 0 Å². The minimum Gasteiger partial charge on any atom is -0.334 e. The van der Waals surface area contributed by atoms with Gasteiger partial charge in [-0.1, -0.05) is 29.8 Å². The van der Waals surface area contributed by atoms with Gasteiger partial charge in [-0.2, -0.15) is 13.2 Å². The average Bonchev–Trinajstić information content (AvgIpc) is 2.64. The second-order valence-electron chi connectivity index (χ2n) is 5.93. The maximum Gasteiger partial charge on any atom is 0.416 e. The van der Waals surface area contributed by atoms with Crippen LogP contribution in [0.4, 0.5) is 41.9 Å². The molecule has 0 spiro atoms. The molecule has 29 heavy (non-hydrogen) atoms. The van der Waals surface area contributed by atoms with Crippen molar-refractivity contribution >= 4 is 40.3 Å². The van der Waals surface area contributed by atoms with Crippen LogP contribution >= 0.6 is 11.6 Å². The van der Waals surface area contributed by atoms with E-state index in [4.69, 9.17) is 11.6 Å². The van der Waals surface area contributed by atoms with Crippen LogP contribution < -0.4 is 10.6 Å². The summed E-state index contributed by atoms with van der Waals surface area (Å²) in [5.41, 5.74) is -0.276. The van der Waals surface area contributed by atoms with Crippen molar-refractivity contribution in [2.45, 2.75) is 13.1 Å². The van der Waals surface area contributed by atoms with Crippen LogP contribution in [0.5, 0.6) is 0 Å². The molecule has 11 heteroatoms. The molecule has 0 atom stereocenters. The van der Waals surface area contributed by atoms with Gasteiger partial charge in [-0.3, -0.25) is 10.1 Å². The predicted molar refractivity (Wildman–Crippen MR) is 103 cm³/mol. The number of anilines is 4. The van der Waals surface area contributed by atoms with Crippen molar-refractivity contribution in [3.05, 3.63) is 75.1 Å². The van der Waals surface area contributed by atoms with E-state index in [0.29, 0.717) is 5.69 Å². The lowest BCUT2D eigenvalue weighted by Crippen LogP contribution is -2.08. The molecular formula is C18H13ClF3N5O2. The number of rotatable bonds is 5. The van der Waals surface area contributed by atoms with Gasteiger partial charge in [-0.05, 0) is 36.8 Å². The molecule has 0 saturated heterocycles. The van der Waals surface area contributed by atoms with Crippen molar-refractivity contribution in [2.75, 3.05) is 10.6 Å². The number of benzene rings is 2. The van der Waals surface area contributed by atoms with E-state index >= 15 is 0 Å². The van der Waals surface area contributed by atoms with Gasteiger partial charge in [0.1, 0.15) is 6.33 Å². The molecule has 0 unspecified atom stereocenters. The van der Waals surface area contributed by atoms with Gasteiger partial charge < -0.3 is 10.6 Å². The first-order valence-electron chi connectivity index (χ1n) is 8.12. The molecule has 150 valence electrons. The largest absolute Gasteiger partial charge is 0.416 e. The number of nitrogens with one attached hydrogen (secondary N) is 2. The monoisotopic (exact) mass is 423 g/mol. The SMILES string of the molecule is Cc1ccccc1Nc1ncnc(Nc2cc(C(F)(F)F)ccc2Cl)c1[N+](=O)[O-]. The van der Waals surface area contributed by atoms with E-state index < -0.39 is 22.4 Å². The Bertz CT molecular complexity index is 1080. The molecule has 0 aliphatic rings. The van der Waals surface area contributed by atoms with Crippen molar-refractivity contribution in [1.82, 2.24) is 9.97 Å². The second kappa shape index (κ2) is 7.92. The van der Waals surface area contributed by atoms with Crippen molar-refractivity contribution < 1.29 is 18.1 Å². The summed E-state index contributed by atoms with van der Waals surface area (Å²) < 4.78 is 38.9. The summed E-state index contributed by atoms with van der Waals surface area (Å²) in [6.45, 7) is 1.80. The van der Waals surface area contributed by atoms with E-state index in [1.165, 1.54) is 0 Å². The lowest BCUT2D eigenvalue weighted by molar-refractivity contribution is -0.383. The quantitative estimate of drug-likeness (QED) is 0.395. The maximum absolute atomic E-state index is 13.0. The standard InChI is InChI=1S/C18H13ClF3N5O2/c1-10-4-2-3-5-13(10)25-16-15(27(28)29)17(24-9-23-16)26-14-8-11(18(20,21)22)6-7-12(14)19/h2-9H,1H3,(H2,23,24,25,26). The molecule has 0 saturated carbocycles. The number of nitro groups is 1. The molecule has 0 amide bonds. The Kier molecular flexibility index (Phi) is 5.55. The molecule has 1 heterocycles. The van der Waals surface area contributed by atoms with Gasteiger partial charge >= 0.3 is 11.9 Å². The average molecular weight is 424 g/mol. The zero-order valence-corrected chi connectivity index (χ0v) is 15.5. The minimum absolute atomic E-state index is 0.0562. The van der Waals surface area contributed by atoms with E-state index in [9.17, 15) is 23.3 Å². The summed E-state index contributed by atoms with van der Waals surface area (Å²) in [5, 5.41) is 17.0. The number of hydrogen-bond acceptors (Lipinski definition) is 6. The van der Waals surface area contributed by atoms with Gasteiger partial charge in [0.25, 0.3) is 0 Å². The number of nitrogens with zero attached hydrogens (tertiary/aromatic N) is 3. The molecule has 7 nitrogen and oxygen atoms in total. The molecular weight excluding hydrogens is 411 g/mol. The molecule has 0 aliphatic heterocycles. The predicted octanol–water partition coefficient (Wildman–Crippen LogP) is 5.85. The van der Waals surface area contributed by atoms with Crippen molar-refractivity contribution in [1.29, 1.82) is 0 Å². The fourth-order valence-electron chi connectivity index (χ4n) is 2.50. The molecule has 2 N–H and O–H groups in total. The number of para-hydroxylation sites is 1. The van der Waals surface area contributed by atoms with Crippen LogP contribution in [0.3, 0.4) is 0 Å². The normalized spacial score (nSPS) is 11.2. The van der Waals surface area contributed by atoms with E-state index in [2.05, 4.69) is 20.6 Å². The molecule has 1 aromatic heterocycles. The van der Waals surface area contributed by atoms with Crippen LogP contribution in [0.1, 0.15) is 11.1 Å². The molecule has 0 radical (unpaired) electrons. The van der Waals surface area contributed by atoms with E-state index in [1.54, 1.807) is 31.2 Å². The molecule has 2 aromatic carbocycles. The van der Waals surface area contributed by atoms with Crippen LogP contribution in [0.25, 0.3) is 0 Å². The molecule has 0 fully saturated rings. The topological polar surface area (TPSA) is 93.0 Å². The third-order valence-electron chi connectivity index (χ3n) is 3.95. The maximum atomic E-state index is 13.0. The highest BCUT2D eigenvalue weighted by atomic mass is 35.5.